The minimum atomic E-state index is 0.0276. The Balaban J connectivity index is 1.48. The molecule has 1 saturated heterocycles. The van der Waals surface area contributed by atoms with Crippen molar-refractivity contribution in [3.8, 4) is 0 Å². The van der Waals surface area contributed by atoms with Gasteiger partial charge >= 0.3 is 6.03 Å². The zero-order chi connectivity index (χ0) is 17.3. The summed E-state index contributed by atoms with van der Waals surface area (Å²) < 4.78 is 2.01. The molecular formula is C19H25N5O. The van der Waals surface area contributed by atoms with Gasteiger partial charge in [0.05, 0.1) is 0 Å². The maximum absolute atomic E-state index is 12.7. The lowest BCUT2D eigenvalue weighted by Gasteiger charge is -2.28. The van der Waals surface area contributed by atoms with Gasteiger partial charge in [0.1, 0.15) is 12.2 Å². The number of hydrogen-bond acceptors (Lipinski definition) is 3. The van der Waals surface area contributed by atoms with Crippen molar-refractivity contribution in [3.05, 3.63) is 48.0 Å². The first-order valence-corrected chi connectivity index (χ1v) is 9.09. The Morgan fingerprint density at radius 2 is 2.04 bits per heavy atom. The van der Waals surface area contributed by atoms with Crippen LogP contribution in [0.5, 0.6) is 0 Å². The van der Waals surface area contributed by atoms with Crippen molar-refractivity contribution in [2.75, 3.05) is 13.1 Å². The lowest BCUT2D eigenvalue weighted by atomic mass is 9.76. The topological polar surface area (TPSA) is 63.1 Å². The van der Waals surface area contributed by atoms with E-state index in [0.717, 1.165) is 24.5 Å². The van der Waals surface area contributed by atoms with Crippen LogP contribution >= 0.6 is 0 Å². The van der Waals surface area contributed by atoms with Crippen molar-refractivity contribution in [1.82, 2.24) is 25.0 Å². The second-order valence-electron chi connectivity index (χ2n) is 7.45. The van der Waals surface area contributed by atoms with Crippen LogP contribution in [0.4, 0.5) is 4.79 Å². The van der Waals surface area contributed by atoms with E-state index in [-0.39, 0.29) is 17.4 Å². The molecule has 1 spiro atoms. The molecule has 1 aliphatic heterocycles. The van der Waals surface area contributed by atoms with Crippen molar-refractivity contribution in [2.45, 2.75) is 38.1 Å². The van der Waals surface area contributed by atoms with E-state index in [0.29, 0.717) is 6.54 Å². The van der Waals surface area contributed by atoms with Gasteiger partial charge in [0, 0.05) is 32.6 Å². The predicted octanol–water partition coefficient (Wildman–Crippen LogP) is 2.68. The summed E-state index contributed by atoms with van der Waals surface area (Å²) in [6.07, 6.45) is 6.59. The number of hydrogen-bond donors (Lipinski definition) is 1. The molecule has 6 heteroatoms. The maximum atomic E-state index is 12.7. The number of nitrogens with one attached hydrogen (secondary N) is 1. The van der Waals surface area contributed by atoms with Crippen molar-refractivity contribution >= 4 is 6.03 Å². The summed E-state index contributed by atoms with van der Waals surface area (Å²) in [6, 6.07) is 10.1. The van der Waals surface area contributed by atoms with Crippen LogP contribution in [0.25, 0.3) is 0 Å². The minimum Gasteiger partial charge on any atom is -0.334 e. The Morgan fingerprint density at radius 3 is 2.72 bits per heavy atom. The van der Waals surface area contributed by atoms with E-state index in [1.165, 1.54) is 25.7 Å². The largest absolute Gasteiger partial charge is 0.334 e. The number of nitrogens with zero attached hydrogens (tertiary/aromatic N) is 4. The fourth-order valence-electron chi connectivity index (χ4n) is 4.56. The van der Waals surface area contributed by atoms with Gasteiger partial charge in [-0.1, -0.05) is 43.2 Å². The average Bonchev–Trinajstić information content (AvgIpc) is 3.35. The third kappa shape index (κ3) is 3.01. The molecule has 1 unspecified atom stereocenters. The molecule has 0 radical (unpaired) electrons. The van der Waals surface area contributed by atoms with Gasteiger partial charge < -0.3 is 14.8 Å². The maximum Gasteiger partial charge on any atom is 0.317 e. The molecule has 0 bridgehead atoms. The molecule has 1 saturated carbocycles. The first-order chi connectivity index (χ1) is 12.2. The quantitative estimate of drug-likeness (QED) is 0.935. The average molecular weight is 339 g/mol. The smallest absolute Gasteiger partial charge is 0.317 e. The standard InChI is InChI=1S/C19H25N5O/c1-23-14-21-22-17(23)16-12-24(13-19(16)9-5-6-10-19)18(25)20-11-15-7-3-2-4-8-15/h2-4,7-8,14,16H,5-6,9-13H2,1H3,(H,20,25). The third-order valence-corrected chi connectivity index (χ3v) is 5.88. The Bertz CT molecular complexity index is 735. The molecule has 1 N–H and O–H groups in total. The van der Waals surface area contributed by atoms with Crippen LogP contribution in [0.3, 0.4) is 0 Å². The molecule has 2 aliphatic rings. The normalized spacial score (nSPS) is 21.8. The van der Waals surface area contributed by atoms with Crippen molar-refractivity contribution in [2.24, 2.45) is 12.5 Å². The van der Waals surface area contributed by atoms with Gasteiger partial charge in [-0.3, -0.25) is 0 Å². The summed E-state index contributed by atoms with van der Waals surface area (Å²) in [5, 5.41) is 11.5. The number of aromatic nitrogens is 3. The fraction of sp³-hybridized carbons (Fsp3) is 0.526. The molecule has 1 aromatic heterocycles. The molecule has 2 heterocycles. The molecule has 6 nitrogen and oxygen atoms in total. The molecule has 2 fully saturated rings. The molecule has 1 aromatic carbocycles. The van der Waals surface area contributed by atoms with Crippen molar-refractivity contribution in [3.63, 3.8) is 0 Å². The first kappa shape index (κ1) is 16.1. The Labute approximate surface area is 148 Å². The lowest BCUT2D eigenvalue weighted by Crippen LogP contribution is -2.39. The Morgan fingerprint density at radius 1 is 1.28 bits per heavy atom. The third-order valence-electron chi connectivity index (χ3n) is 5.88. The zero-order valence-electron chi connectivity index (χ0n) is 14.7. The van der Waals surface area contributed by atoms with Gasteiger partial charge in [-0.25, -0.2) is 4.79 Å². The molecule has 4 rings (SSSR count). The van der Waals surface area contributed by atoms with Gasteiger partial charge in [-0.05, 0) is 23.8 Å². The van der Waals surface area contributed by atoms with E-state index in [9.17, 15) is 4.79 Å². The summed E-state index contributed by atoms with van der Waals surface area (Å²) in [5.74, 6) is 1.30. The highest BCUT2D eigenvalue weighted by atomic mass is 16.2. The second kappa shape index (κ2) is 6.50. The van der Waals surface area contributed by atoms with E-state index >= 15 is 0 Å². The summed E-state index contributed by atoms with van der Waals surface area (Å²) >= 11 is 0. The summed E-state index contributed by atoms with van der Waals surface area (Å²) in [7, 11) is 2.00. The number of carbonyl (C=O) groups excluding carboxylic acids is 1. The molecule has 2 aromatic rings. The molecule has 1 aliphatic carbocycles. The molecule has 25 heavy (non-hydrogen) atoms. The van der Waals surface area contributed by atoms with Crippen LogP contribution in [0, 0.1) is 5.41 Å². The van der Waals surface area contributed by atoms with Gasteiger partial charge in [-0.2, -0.15) is 0 Å². The van der Waals surface area contributed by atoms with Crippen LogP contribution in [0.1, 0.15) is 43.0 Å². The van der Waals surface area contributed by atoms with Gasteiger partial charge in [0.15, 0.2) is 0 Å². The van der Waals surface area contributed by atoms with Crippen LogP contribution in [0.15, 0.2) is 36.7 Å². The van der Waals surface area contributed by atoms with Gasteiger partial charge in [0.25, 0.3) is 0 Å². The molecule has 132 valence electrons. The first-order valence-electron chi connectivity index (χ1n) is 9.09. The zero-order valence-corrected chi connectivity index (χ0v) is 14.7. The van der Waals surface area contributed by atoms with Crippen molar-refractivity contribution < 1.29 is 4.79 Å². The lowest BCUT2D eigenvalue weighted by molar-refractivity contribution is 0.199. The Hall–Kier alpha value is -2.37. The number of urea groups is 1. The van der Waals surface area contributed by atoms with E-state index in [1.807, 2.05) is 46.8 Å². The Kier molecular flexibility index (Phi) is 4.19. The van der Waals surface area contributed by atoms with E-state index in [4.69, 9.17) is 0 Å². The number of rotatable bonds is 3. The number of aryl methyl sites for hydroxylation is 1. The van der Waals surface area contributed by atoms with Gasteiger partial charge in [-0.15, -0.1) is 10.2 Å². The van der Waals surface area contributed by atoms with E-state index in [2.05, 4.69) is 15.5 Å². The number of amides is 2. The number of carbonyl (C=O) groups is 1. The van der Waals surface area contributed by atoms with E-state index < -0.39 is 0 Å². The predicted molar refractivity (Wildman–Crippen MR) is 94.9 cm³/mol. The van der Waals surface area contributed by atoms with Crippen LogP contribution in [-0.4, -0.2) is 38.8 Å². The SMILES string of the molecule is Cn1cnnc1C1CN(C(=O)NCc2ccccc2)CC12CCCC2. The second-order valence-corrected chi connectivity index (χ2v) is 7.45. The van der Waals surface area contributed by atoms with Gasteiger partial charge in [0.2, 0.25) is 0 Å². The molecular weight excluding hydrogens is 314 g/mol. The monoisotopic (exact) mass is 339 g/mol. The highest BCUT2D eigenvalue weighted by molar-refractivity contribution is 5.74. The molecule has 1 atom stereocenters. The van der Waals surface area contributed by atoms with Crippen LogP contribution in [-0.2, 0) is 13.6 Å². The summed E-state index contributed by atoms with van der Waals surface area (Å²) in [6.45, 7) is 2.12. The number of benzene rings is 1. The van der Waals surface area contributed by atoms with E-state index in [1.54, 1.807) is 6.33 Å². The molecule has 2 amide bonds. The minimum absolute atomic E-state index is 0.0276. The fourth-order valence-corrected chi connectivity index (χ4v) is 4.56. The highest BCUT2D eigenvalue weighted by Gasteiger charge is 2.51. The number of likely N-dealkylation sites (tertiary alicyclic amines) is 1. The summed E-state index contributed by atoms with van der Waals surface area (Å²) in [5.41, 5.74) is 1.29. The van der Waals surface area contributed by atoms with Crippen LogP contribution in [0.2, 0.25) is 0 Å². The van der Waals surface area contributed by atoms with Crippen molar-refractivity contribution in [1.29, 1.82) is 0 Å². The summed E-state index contributed by atoms with van der Waals surface area (Å²) in [4.78, 5) is 14.7. The highest BCUT2D eigenvalue weighted by Crippen LogP contribution is 2.52. The van der Waals surface area contributed by atoms with Crippen LogP contribution < -0.4 is 5.32 Å².